The number of carbonyl (C=O) groups is 1. The molecule has 9 aromatic rings. The first-order valence-corrected chi connectivity index (χ1v) is 34.0. The quantitative estimate of drug-likeness (QED) is 0.0208. The van der Waals surface area contributed by atoms with Gasteiger partial charge in [0.05, 0.1) is 39.1 Å². The molecule has 1 aliphatic carbocycles. The molecule has 0 saturated heterocycles. The number of phenolic OH excluding ortho intramolecular Hbond substituents is 2. The number of para-hydroxylation sites is 6. The number of rotatable bonds is 13. The Bertz CT molecular complexity index is 4430. The third-order valence-electron chi connectivity index (χ3n) is 13.4. The van der Waals surface area contributed by atoms with Crippen LogP contribution in [0.15, 0.2) is 176 Å². The summed E-state index contributed by atoms with van der Waals surface area (Å²) in [7, 11) is -16.5. The summed E-state index contributed by atoms with van der Waals surface area (Å²) in [5.74, 6) is 0.598. The summed E-state index contributed by atoms with van der Waals surface area (Å²) >= 11 is 2.07. The number of aromatic hydroxyl groups is 2. The van der Waals surface area contributed by atoms with E-state index in [1.807, 2.05) is 123 Å². The molecule has 1 fully saturated rings. The van der Waals surface area contributed by atoms with E-state index >= 15 is 0 Å². The second-order valence-electron chi connectivity index (χ2n) is 20.5. The molecule has 11 rings (SSSR count). The number of aliphatic imine (C=N–C) groups is 1. The average Bonchev–Trinajstić information content (AvgIpc) is 1.50. The number of halogens is 10. The smallest absolute Gasteiger partial charge is 0.507 e. The van der Waals surface area contributed by atoms with Crippen molar-refractivity contribution in [3.8, 4) is 45.4 Å². The number of aryl methyl sites for hydroxylation is 3. The lowest BCUT2D eigenvalue weighted by molar-refractivity contribution is -0.413. The fourth-order valence-electron chi connectivity index (χ4n) is 8.59. The molecule has 0 bridgehead atoms. The Morgan fingerprint density at radius 2 is 1.11 bits per heavy atom. The molecule has 0 radical (unpaired) electrons. The van der Waals surface area contributed by atoms with Gasteiger partial charge in [-0.3, -0.25) is 14.2 Å². The van der Waals surface area contributed by atoms with Crippen LogP contribution < -0.4 is 15.2 Å². The molecule has 98 heavy (non-hydrogen) atoms. The van der Waals surface area contributed by atoms with E-state index in [0.717, 1.165) is 62.1 Å². The molecule has 1 saturated carbocycles. The molecule has 2 atom stereocenters. The van der Waals surface area contributed by atoms with Crippen LogP contribution in [0.5, 0.6) is 17.2 Å². The normalized spacial score (nSPS) is 14.6. The molecule has 5 N–H and O–H groups in total. The zero-order valence-corrected chi connectivity index (χ0v) is 57.2. The van der Waals surface area contributed by atoms with Gasteiger partial charge in [-0.15, -0.1) is 0 Å². The minimum Gasteiger partial charge on any atom is -0.507 e. The minimum absolute atomic E-state index is 0.0911. The highest BCUT2D eigenvalue weighted by Crippen LogP contribution is 2.33. The number of fused-ring (bicyclic) bond motifs is 1. The van der Waals surface area contributed by atoms with Crippen LogP contribution in [0, 0.1) is 30.3 Å². The number of alkyl halides is 9. The number of pyridine rings is 1. The largest absolute Gasteiger partial charge is 0.534 e. The van der Waals surface area contributed by atoms with Crippen LogP contribution in [0.4, 0.5) is 39.5 Å². The summed E-state index contributed by atoms with van der Waals surface area (Å²) in [6, 6.07) is 37.9. The molecule has 1 aliphatic heterocycles. The lowest BCUT2D eigenvalue weighted by atomic mass is 9.83. The molecule has 6 heterocycles. The van der Waals surface area contributed by atoms with E-state index in [1.54, 1.807) is 46.3 Å². The molecule has 530 valence electrons. The van der Waals surface area contributed by atoms with E-state index in [-0.39, 0.29) is 11.4 Å². The van der Waals surface area contributed by atoms with Crippen LogP contribution >= 0.6 is 22.6 Å². The van der Waals surface area contributed by atoms with Crippen molar-refractivity contribution in [3.63, 3.8) is 0 Å². The van der Waals surface area contributed by atoms with Crippen molar-refractivity contribution >= 4 is 70.2 Å². The number of hydrogen-bond acceptors (Lipinski definition) is 19. The van der Waals surface area contributed by atoms with E-state index in [9.17, 15) is 74.7 Å². The number of aromatic nitrogens is 8. The number of nitrogens with one attached hydrogen (secondary N) is 1. The number of phenols is 2. The highest BCUT2D eigenvalue weighted by molar-refractivity contribution is 14.1. The highest BCUT2D eigenvalue weighted by Gasteiger charge is 2.52. The Kier molecular flexibility index (Phi) is 29.1. The van der Waals surface area contributed by atoms with Crippen LogP contribution in [-0.4, -0.2) is 122 Å². The fourth-order valence-corrected chi connectivity index (χ4v) is 9.84. The van der Waals surface area contributed by atoms with Crippen molar-refractivity contribution in [1.29, 1.82) is 0 Å². The Morgan fingerprint density at radius 1 is 0.633 bits per heavy atom. The molecular weight excluding hydrogens is 1490 g/mol. The van der Waals surface area contributed by atoms with E-state index in [2.05, 4.69) is 91.1 Å². The van der Waals surface area contributed by atoms with Crippen molar-refractivity contribution < 1.29 is 97.7 Å². The van der Waals surface area contributed by atoms with Gasteiger partial charge in [0.1, 0.15) is 34.2 Å². The number of carbonyl (C=O) groups excluding carboxylic acids is 1. The maximum Gasteiger partial charge on any atom is 0.534 e. The van der Waals surface area contributed by atoms with Gasteiger partial charge in [0.25, 0.3) is 5.91 Å². The molecule has 24 nitrogen and oxygen atoms in total. The van der Waals surface area contributed by atoms with Crippen molar-refractivity contribution in [2.75, 3.05) is 13.6 Å². The molecule has 37 heteroatoms. The summed E-state index contributed by atoms with van der Waals surface area (Å²) < 4.78 is 184. The Hall–Kier alpha value is -8.73. The summed E-state index contributed by atoms with van der Waals surface area (Å²) in [6.45, 7) is 10.8. The first kappa shape index (κ1) is 80.0. The number of hydrogen-bond donors (Lipinski definition) is 4. The first-order chi connectivity index (χ1) is 45.9. The van der Waals surface area contributed by atoms with Gasteiger partial charge < -0.3 is 25.4 Å². The van der Waals surface area contributed by atoms with Gasteiger partial charge in [0.2, 0.25) is 0 Å². The van der Waals surface area contributed by atoms with E-state index in [0.29, 0.717) is 28.5 Å². The first-order valence-electron chi connectivity index (χ1n) is 28.7. The van der Waals surface area contributed by atoms with Crippen molar-refractivity contribution in [2.45, 2.75) is 89.3 Å². The Morgan fingerprint density at radius 3 is 1.54 bits per heavy atom. The van der Waals surface area contributed by atoms with Gasteiger partial charge >= 0.3 is 46.9 Å². The number of allylic oxidation sites excluding steroid dienone is 1. The Balaban J connectivity index is 0.000000215. The number of benzene rings is 4. The molecule has 0 spiro atoms. The number of primary amides is 1. The molecular formula is C61H65F9IN11O13S3. The molecule has 5 aromatic heterocycles. The predicted octanol–water partition coefficient (Wildman–Crippen LogP) is 12.6. The average molecular weight is 1550 g/mol. The summed E-state index contributed by atoms with van der Waals surface area (Å²) in [5.41, 5.74) is -3.71. The zero-order valence-electron chi connectivity index (χ0n) is 52.6. The van der Waals surface area contributed by atoms with Crippen LogP contribution in [0.2, 0.25) is 0 Å². The monoisotopic (exact) mass is 1550 g/mol. The van der Waals surface area contributed by atoms with Crippen LogP contribution in [-0.2, 0) is 44.1 Å². The summed E-state index contributed by atoms with van der Waals surface area (Å²) in [5, 5.41) is 36.9. The van der Waals surface area contributed by atoms with Gasteiger partial charge in [-0.05, 0) is 160 Å². The van der Waals surface area contributed by atoms with Gasteiger partial charge in [0.15, 0.2) is 5.75 Å². The summed E-state index contributed by atoms with van der Waals surface area (Å²) in [4.78, 5) is 19.8. The minimum atomic E-state index is -6.44. The Labute approximate surface area is 570 Å². The number of amides is 1. The van der Waals surface area contributed by atoms with Gasteiger partial charge in [0, 0.05) is 47.7 Å². The summed E-state index contributed by atoms with van der Waals surface area (Å²) in [6.07, 6.45) is 19.8. The lowest BCUT2D eigenvalue weighted by Crippen LogP contribution is -2.35. The number of imidazole rings is 1. The predicted molar refractivity (Wildman–Crippen MR) is 351 cm³/mol. The fraction of sp³-hybridized carbons (Fsp3) is 0.279. The maximum atomic E-state index is 12.3. The molecule has 4 aromatic carbocycles. The van der Waals surface area contributed by atoms with E-state index < -0.39 is 58.5 Å². The molecule has 1 amide bonds. The third-order valence-corrected chi connectivity index (χ3v) is 16.9. The van der Waals surface area contributed by atoms with Crippen molar-refractivity contribution in [2.24, 2.45) is 16.6 Å². The van der Waals surface area contributed by atoms with Crippen LogP contribution in [0.3, 0.4) is 0 Å². The maximum absolute atomic E-state index is 12.3. The molecule has 2 aliphatic rings. The third kappa shape index (κ3) is 23.5. The van der Waals surface area contributed by atoms with E-state index in [1.165, 1.54) is 67.4 Å². The highest BCUT2D eigenvalue weighted by atomic mass is 127. The van der Waals surface area contributed by atoms with Gasteiger partial charge in [-0.2, -0.15) is 80.1 Å². The zero-order chi connectivity index (χ0) is 72.8. The van der Waals surface area contributed by atoms with Gasteiger partial charge in [-0.1, -0.05) is 95.5 Å². The second kappa shape index (κ2) is 35.7. The SMILES string of the molecule is CC1=NCC=C1.CC[C@@H]1CCCC[C@@H]1NC.Cc1ccn(-c2ccccc2-c2ccc3ncc(C(N)=O)n3c2)n1.Cc1ccn(-c2ccccc2O)n1.Cc1ccn(-c2ccccc2OS(=O)(=O)C(F)(F)F)n1.O=S(=O)(OOOS(=O)(=O)C(F)(F)F)C(F)(F)F.Oc1ccccc1I. The topological polar surface area (TPSA) is 318 Å². The van der Waals surface area contributed by atoms with E-state index in [4.69, 9.17) is 10.8 Å². The standard InChI is InChI=1S/C18H15N5O.C11H9F3N2O3S.C10H10N2O.C9H19N.C6H5IO.C5H7N.C2F6O7S2/c1-12-8-9-23(21-12)15-5-3-2-4-14(15)13-6-7-17-20-10-16(18(19)24)22(17)11-13;1-8-6-7-16(15-8)9-4-2-3-5-10(9)19-20(17,18)11(12,13)14;1-8-6-7-12(11-8)9-4-2-3-5-10(9)13;1-3-8-6-4-5-7-9(8)10-2;7-5-3-1-2-4-6(5)8;1-5-3-2-4-6-5;3-1(4,5)16(9,10)14-13-15-17(11,12)2(6,7)8/h2-11H,1H3,(H2,19,24);2-7H,1H3;2-7,13H,1H3;8-10H,3-7H2,1-2H3;1-4,8H;2-3H,4H2,1H3;/t;;;8-,9+;;;/m...1.../s1. The van der Waals surface area contributed by atoms with Crippen LogP contribution in [0.1, 0.15) is 73.5 Å². The lowest BCUT2D eigenvalue weighted by Gasteiger charge is -2.30. The van der Waals surface area contributed by atoms with Crippen molar-refractivity contribution in [1.82, 2.24) is 44.0 Å². The van der Waals surface area contributed by atoms with Crippen LogP contribution in [0.25, 0.3) is 33.8 Å². The number of nitrogens with two attached hydrogens (primary N) is 1. The molecule has 0 unspecified atom stereocenters. The number of nitrogens with zero attached hydrogens (tertiary/aromatic N) is 9. The van der Waals surface area contributed by atoms with Gasteiger partial charge in [-0.25, -0.2) is 19.0 Å². The second-order valence-corrected chi connectivity index (χ2v) is 26.2. The van der Waals surface area contributed by atoms with Crippen molar-refractivity contribution in [3.05, 3.63) is 197 Å².